The van der Waals surface area contributed by atoms with Gasteiger partial charge in [-0.1, -0.05) is 12.0 Å². The Hall–Kier alpha value is -2.45. The molecule has 0 spiro atoms. The maximum absolute atomic E-state index is 10.8. The highest BCUT2D eigenvalue weighted by Gasteiger charge is 2.17. The molecular formula is C18H17NO3S. The second-order valence-corrected chi connectivity index (χ2v) is 5.85. The van der Waals surface area contributed by atoms with E-state index in [1.807, 2.05) is 38.1 Å². The Balaban J connectivity index is 2.16. The van der Waals surface area contributed by atoms with Crippen molar-refractivity contribution in [3.05, 3.63) is 59.4 Å². The normalized spacial score (nSPS) is 10.6. The maximum atomic E-state index is 10.8. The maximum Gasteiger partial charge on any atom is 0.337 e. The van der Waals surface area contributed by atoms with Gasteiger partial charge in [-0.2, -0.15) is 12.6 Å². The van der Waals surface area contributed by atoms with Gasteiger partial charge >= 0.3 is 5.97 Å². The molecule has 1 N–H and O–H groups in total. The smallest absolute Gasteiger partial charge is 0.337 e. The van der Waals surface area contributed by atoms with Crippen molar-refractivity contribution in [3.63, 3.8) is 0 Å². The molecule has 0 bridgehead atoms. The number of carboxylic acids is 1. The van der Waals surface area contributed by atoms with E-state index in [4.69, 9.17) is 9.84 Å². The first kappa shape index (κ1) is 16.9. The summed E-state index contributed by atoms with van der Waals surface area (Å²) in [7, 11) is 0. The summed E-state index contributed by atoms with van der Waals surface area (Å²) >= 11 is 4.27. The van der Waals surface area contributed by atoms with Gasteiger partial charge < -0.3 is 9.84 Å². The van der Waals surface area contributed by atoms with Crippen molar-refractivity contribution < 1.29 is 14.6 Å². The molecule has 0 radical (unpaired) electrons. The summed E-state index contributed by atoms with van der Waals surface area (Å²) < 4.78 is 5.86. The fourth-order valence-electron chi connectivity index (χ4n) is 1.72. The Bertz CT molecular complexity index is 758. The van der Waals surface area contributed by atoms with E-state index in [1.54, 1.807) is 6.07 Å². The molecule has 2 rings (SSSR count). The number of rotatable bonds is 4. The van der Waals surface area contributed by atoms with Crippen LogP contribution in [0.1, 0.15) is 35.5 Å². The third-order valence-corrected chi connectivity index (χ3v) is 3.72. The molecule has 0 aliphatic carbocycles. The van der Waals surface area contributed by atoms with E-state index in [0.717, 1.165) is 11.3 Å². The van der Waals surface area contributed by atoms with Crippen molar-refractivity contribution >= 4 is 18.6 Å². The molecule has 1 heterocycles. The lowest BCUT2D eigenvalue weighted by atomic mass is 10.1. The van der Waals surface area contributed by atoms with Crippen LogP contribution in [0.4, 0.5) is 0 Å². The Morgan fingerprint density at radius 2 is 2.09 bits per heavy atom. The first-order valence-corrected chi connectivity index (χ1v) is 7.64. The molecule has 0 aliphatic rings. The van der Waals surface area contributed by atoms with Gasteiger partial charge in [0.15, 0.2) is 0 Å². The highest BCUT2D eigenvalue weighted by molar-refractivity contribution is 7.80. The summed E-state index contributed by atoms with van der Waals surface area (Å²) in [5.41, 5.74) is 1.09. The van der Waals surface area contributed by atoms with E-state index in [0.29, 0.717) is 11.4 Å². The quantitative estimate of drug-likeness (QED) is 0.668. The lowest BCUT2D eigenvalue weighted by molar-refractivity contribution is 0.0696. The predicted octanol–water partition coefficient (Wildman–Crippen LogP) is 3.27. The van der Waals surface area contributed by atoms with Crippen LogP contribution in [-0.4, -0.2) is 27.4 Å². The van der Waals surface area contributed by atoms with Crippen LogP contribution < -0.4 is 4.74 Å². The molecule has 5 heteroatoms. The molecule has 0 fully saturated rings. The van der Waals surface area contributed by atoms with Crippen LogP contribution in [0.15, 0.2) is 42.6 Å². The second kappa shape index (κ2) is 7.21. The first-order valence-electron chi connectivity index (χ1n) is 7.01. The summed E-state index contributed by atoms with van der Waals surface area (Å²) in [5, 5.41) is 8.83. The van der Waals surface area contributed by atoms with Gasteiger partial charge in [-0.25, -0.2) is 9.78 Å². The van der Waals surface area contributed by atoms with Crippen molar-refractivity contribution in [2.24, 2.45) is 0 Å². The SMILES string of the molecule is CC(C)(CS)Oc1cccc(C#Cc2ccc(C(=O)O)cn2)c1. The highest BCUT2D eigenvalue weighted by Crippen LogP contribution is 2.20. The standard InChI is InChI=1S/C18H17NO3S/c1-18(2,12-23)22-16-5-3-4-13(10-16)6-8-15-9-7-14(11-19-15)17(20)21/h3-5,7,9-11,23H,12H2,1-2H3,(H,20,21). The van der Waals surface area contributed by atoms with Crippen LogP contribution in [0.3, 0.4) is 0 Å². The van der Waals surface area contributed by atoms with Crippen LogP contribution in [-0.2, 0) is 0 Å². The van der Waals surface area contributed by atoms with Gasteiger partial charge in [-0.15, -0.1) is 0 Å². The molecular weight excluding hydrogens is 310 g/mol. The first-order chi connectivity index (χ1) is 10.9. The number of aromatic carboxylic acids is 1. The minimum Gasteiger partial charge on any atom is -0.487 e. The monoisotopic (exact) mass is 327 g/mol. The average Bonchev–Trinajstić information content (AvgIpc) is 2.53. The molecule has 23 heavy (non-hydrogen) atoms. The zero-order valence-corrected chi connectivity index (χ0v) is 13.8. The fraction of sp³-hybridized carbons (Fsp3) is 0.222. The zero-order chi connectivity index (χ0) is 16.9. The van der Waals surface area contributed by atoms with Gasteiger partial charge in [0, 0.05) is 17.5 Å². The molecule has 1 aromatic carbocycles. The van der Waals surface area contributed by atoms with Crippen molar-refractivity contribution in [2.75, 3.05) is 5.75 Å². The van der Waals surface area contributed by atoms with Crippen molar-refractivity contribution in [3.8, 4) is 17.6 Å². The summed E-state index contributed by atoms with van der Waals surface area (Å²) in [6.07, 6.45) is 1.29. The largest absolute Gasteiger partial charge is 0.487 e. The Kier molecular flexibility index (Phi) is 5.30. The van der Waals surface area contributed by atoms with Crippen molar-refractivity contribution in [1.29, 1.82) is 0 Å². The molecule has 4 nitrogen and oxygen atoms in total. The van der Waals surface area contributed by atoms with Gasteiger partial charge in [-0.05, 0) is 50.1 Å². The zero-order valence-electron chi connectivity index (χ0n) is 12.9. The van der Waals surface area contributed by atoms with Gasteiger partial charge in [0.1, 0.15) is 17.0 Å². The highest BCUT2D eigenvalue weighted by atomic mass is 32.1. The lowest BCUT2D eigenvalue weighted by Gasteiger charge is -2.24. The van der Waals surface area contributed by atoms with Gasteiger partial charge in [-0.3, -0.25) is 0 Å². The summed E-state index contributed by atoms with van der Waals surface area (Å²) in [6.45, 7) is 3.93. The number of carbonyl (C=O) groups is 1. The van der Waals surface area contributed by atoms with E-state index in [1.165, 1.54) is 12.3 Å². The van der Waals surface area contributed by atoms with E-state index in [2.05, 4.69) is 29.5 Å². The number of thiol groups is 1. The molecule has 2 aromatic rings. The molecule has 0 atom stereocenters. The summed E-state index contributed by atoms with van der Waals surface area (Å²) in [6, 6.07) is 10.5. The van der Waals surface area contributed by atoms with E-state index < -0.39 is 5.97 Å². The number of nitrogens with zero attached hydrogens (tertiary/aromatic N) is 1. The van der Waals surface area contributed by atoms with Crippen LogP contribution in [0.5, 0.6) is 5.75 Å². The number of aromatic nitrogens is 1. The molecule has 0 aliphatic heterocycles. The van der Waals surface area contributed by atoms with E-state index >= 15 is 0 Å². The van der Waals surface area contributed by atoms with Gasteiger partial charge in [0.05, 0.1) is 5.56 Å². The van der Waals surface area contributed by atoms with E-state index in [-0.39, 0.29) is 11.2 Å². The molecule has 1 aromatic heterocycles. The number of ether oxygens (including phenoxy) is 1. The number of hydrogen-bond donors (Lipinski definition) is 2. The summed E-state index contributed by atoms with van der Waals surface area (Å²) in [4.78, 5) is 14.8. The molecule has 0 saturated carbocycles. The minimum atomic E-state index is -1.01. The molecule has 0 saturated heterocycles. The Labute approximate surface area is 140 Å². The predicted molar refractivity (Wildman–Crippen MR) is 92.2 cm³/mol. The second-order valence-electron chi connectivity index (χ2n) is 5.53. The molecule has 0 unspecified atom stereocenters. The Morgan fingerprint density at radius 1 is 1.30 bits per heavy atom. The van der Waals surface area contributed by atoms with Crippen molar-refractivity contribution in [1.82, 2.24) is 4.98 Å². The van der Waals surface area contributed by atoms with E-state index in [9.17, 15) is 4.79 Å². The topological polar surface area (TPSA) is 59.4 Å². The van der Waals surface area contributed by atoms with Crippen LogP contribution in [0.25, 0.3) is 0 Å². The third-order valence-electron chi connectivity index (χ3n) is 2.95. The lowest BCUT2D eigenvalue weighted by Crippen LogP contribution is -2.30. The van der Waals surface area contributed by atoms with Crippen LogP contribution >= 0.6 is 12.6 Å². The molecule has 0 amide bonds. The minimum absolute atomic E-state index is 0.139. The number of pyridine rings is 1. The number of carboxylic acid groups (broad SMARTS) is 1. The molecule has 118 valence electrons. The average molecular weight is 327 g/mol. The number of hydrogen-bond acceptors (Lipinski definition) is 4. The van der Waals surface area contributed by atoms with Crippen molar-refractivity contribution in [2.45, 2.75) is 19.4 Å². The Morgan fingerprint density at radius 3 is 2.70 bits per heavy atom. The number of benzene rings is 1. The third kappa shape index (κ3) is 5.04. The van der Waals surface area contributed by atoms with Crippen LogP contribution in [0.2, 0.25) is 0 Å². The van der Waals surface area contributed by atoms with Crippen LogP contribution in [0, 0.1) is 11.8 Å². The van der Waals surface area contributed by atoms with Gasteiger partial charge in [0.25, 0.3) is 0 Å². The fourth-order valence-corrected chi connectivity index (χ4v) is 1.78. The summed E-state index contributed by atoms with van der Waals surface area (Å²) in [5.74, 6) is 6.22. The van der Waals surface area contributed by atoms with Gasteiger partial charge in [0.2, 0.25) is 0 Å².